The summed E-state index contributed by atoms with van der Waals surface area (Å²) in [5, 5.41) is 0. The molecule has 3 N–H and O–H groups in total. The third-order valence-corrected chi connectivity index (χ3v) is 5.53. The summed E-state index contributed by atoms with van der Waals surface area (Å²) in [5.74, 6) is 0. The van der Waals surface area contributed by atoms with Gasteiger partial charge in [0.2, 0.25) is 10.0 Å². The van der Waals surface area contributed by atoms with Gasteiger partial charge in [-0.3, -0.25) is 0 Å². The number of sulfonamides is 1. The van der Waals surface area contributed by atoms with Gasteiger partial charge in [-0.25, -0.2) is 13.1 Å². The van der Waals surface area contributed by atoms with Crippen molar-refractivity contribution in [3.8, 4) is 0 Å². The van der Waals surface area contributed by atoms with Crippen LogP contribution in [0.15, 0.2) is 17.0 Å². The number of aryl methyl sites for hydroxylation is 2. The van der Waals surface area contributed by atoms with E-state index in [0.717, 1.165) is 19.3 Å². The highest BCUT2D eigenvalue weighted by molar-refractivity contribution is 7.89. The van der Waals surface area contributed by atoms with Crippen molar-refractivity contribution in [2.45, 2.75) is 50.5 Å². The molecule has 0 radical (unpaired) electrons. The minimum atomic E-state index is -3.46. The first-order valence-electron chi connectivity index (χ1n) is 6.14. The number of hydrogen-bond acceptors (Lipinski definition) is 3. The molecule has 4 nitrogen and oxygen atoms in total. The van der Waals surface area contributed by atoms with E-state index in [1.165, 1.54) is 0 Å². The van der Waals surface area contributed by atoms with E-state index < -0.39 is 10.0 Å². The third-order valence-electron chi connectivity index (χ3n) is 3.59. The smallest absolute Gasteiger partial charge is 0.241 e. The maximum absolute atomic E-state index is 12.4. The van der Waals surface area contributed by atoms with Crippen LogP contribution in [0.25, 0.3) is 0 Å². The number of anilines is 1. The highest BCUT2D eigenvalue weighted by Crippen LogP contribution is 2.33. The molecular formula is C13H20N2O2S. The van der Waals surface area contributed by atoms with Gasteiger partial charge in [0.15, 0.2) is 0 Å². The fourth-order valence-electron chi connectivity index (χ4n) is 2.59. The molecule has 18 heavy (non-hydrogen) atoms. The Hall–Kier alpha value is -1.07. The molecule has 100 valence electrons. The van der Waals surface area contributed by atoms with E-state index in [2.05, 4.69) is 4.72 Å². The van der Waals surface area contributed by atoms with Gasteiger partial charge in [-0.05, 0) is 63.3 Å². The summed E-state index contributed by atoms with van der Waals surface area (Å²) in [6, 6.07) is 3.40. The maximum atomic E-state index is 12.4. The van der Waals surface area contributed by atoms with Crippen molar-refractivity contribution >= 4 is 15.7 Å². The van der Waals surface area contributed by atoms with Crippen LogP contribution in [0.4, 0.5) is 5.69 Å². The maximum Gasteiger partial charge on any atom is 0.241 e. The summed E-state index contributed by atoms with van der Waals surface area (Å²) < 4.78 is 27.7. The number of rotatable bonds is 3. The molecule has 1 aliphatic carbocycles. The topological polar surface area (TPSA) is 72.2 Å². The minimum absolute atomic E-state index is 0.279. The monoisotopic (exact) mass is 268 g/mol. The minimum Gasteiger partial charge on any atom is -0.399 e. The Morgan fingerprint density at radius 3 is 2.11 bits per heavy atom. The Labute approximate surface area is 109 Å². The van der Waals surface area contributed by atoms with Gasteiger partial charge in [0.1, 0.15) is 0 Å². The summed E-state index contributed by atoms with van der Waals surface area (Å²) in [6.45, 7) is 5.51. The van der Waals surface area contributed by atoms with Gasteiger partial charge in [0.05, 0.1) is 4.90 Å². The zero-order valence-corrected chi connectivity index (χ0v) is 11.9. The van der Waals surface area contributed by atoms with E-state index in [1.54, 1.807) is 26.0 Å². The summed E-state index contributed by atoms with van der Waals surface area (Å²) in [5.41, 5.74) is 7.43. The molecule has 2 rings (SSSR count). The van der Waals surface area contributed by atoms with Crippen LogP contribution in [-0.2, 0) is 10.0 Å². The molecule has 1 aromatic rings. The van der Waals surface area contributed by atoms with E-state index in [1.807, 2.05) is 6.92 Å². The third kappa shape index (κ3) is 2.37. The average molecular weight is 268 g/mol. The normalized spacial score (nSPS) is 18.4. The van der Waals surface area contributed by atoms with Crippen LogP contribution >= 0.6 is 0 Å². The molecule has 1 aliphatic rings. The second-order valence-corrected chi connectivity index (χ2v) is 7.12. The lowest BCUT2D eigenvalue weighted by Crippen LogP contribution is -2.50. The first-order chi connectivity index (χ1) is 8.23. The lowest BCUT2D eigenvalue weighted by Gasteiger charge is -2.38. The molecule has 0 atom stereocenters. The van der Waals surface area contributed by atoms with Crippen molar-refractivity contribution in [3.63, 3.8) is 0 Å². The zero-order chi connectivity index (χ0) is 13.6. The summed E-state index contributed by atoms with van der Waals surface area (Å²) in [6.07, 6.45) is 2.89. The van der Waals surface area contributed by atoms with E-state index in [9.17, 15) is 8.42 Å². The first-order valence-corrected chi connectivity index (χ1v) is 7.63. The molecule has 0 aliphatic heterocycles. The van der Waals surface area contributed by atoms with Crippen molar-refractivity contribution in [1.82, 2.24) is 4.72 Å². The molecule has 0 amide bonds. The molecule has 0 unspecified atom stereocenters. The van der Waals surface area contributed by atoms with Crippen LogP contribution in [0.5, 0.6) is 0 Å². The molecule has 0 heterocycles. The molecule has 0 bridgehead atoms. The predicted molar refractivity (Wildman–Crippen MR) is 72.9 cm³/mol. The highest BCUT2D eigenvalue weighted by atomic mass is 32.2. The Bertz CT molecular complexity index is 552. The second kappa shape index (κ2) is 4.24. The predicted octanol–water partition coefficient (Wildman–Crippen LogP) is 2.11. The van der Waals surface area contributed by atoms with Crippen molar-refractivity contribution in [2.24, 2.45) is 0 Å². The fraction of sp³-hybridized carbons (Fsp3) is 0.538. The highest BCUT2D eigenvalue weighted by Gasteiger charge is 2.37. The van der Waals surface area contributed by atoms with Crippen LogP contribution in [0.1, 0.15) is 37.3 Å². The number of benzene rings is 1. The van der Waals surface area contributed by atoms with Gasteiger partial charge in [-0.15, -0.1) is 0 Å². The molecule has 1 fully saturated rings. The lowest BCUT2D eigenvalue weighted by atomic mass is 9.80. The molecule has 1 aromatic carbocycles. The molecule has 0 spiro atoms. The summed E-state index contributed by atoms with van der Waals surface area (Å²) in [7, 11) is -3.46. The van der Waals surface area contributed by atoms with Crippen LogP contribution < -0.4 is 10.5 Å². The van der Waals surface area contributed by atoms with E-state index in [-0.39, 0.29) is 5.54 Å². The fourth-order valence-corrected chi connectivity index (χ4v) is 4.51. The Kier molecular flexibility index (Phi) is 3.15. The quantitative estimate of drug-likeness (QED) is 0.825. The van der Waals surface area contributed by atoms with Gasteiger partial charge >= 0.3 is 0 Å². The largest absolute Gasteiger partial charge is 0.399 e. The van der Waals surface area contributed by atoms with Crippen LogP contribution in [0.3, 0.4) is 0 Å². The van der Waals surface area contributed by atoms with Crippen molar-refractivity contribution in [3.05, 3.63) is 23.3 Å². The number of nitrogens with one attached hydrogen (secondary N) is 1. The van der Waals surface area contributed by atoms with E-state index in [4.69, 9.17) is 5.73 Å². The Morgan fingerprint density at radius 2 is 1.72 bits per heavy atom. The van der Waals surface area contributed by atoms with Crippen LogP contribution in [0, 0.1) is 13.8 Å². The van der Waals surface area contributed by atoms with Crippen LogP contribution in [-0.4, -0.2) is 14.0 Å². The van der Waals surface area contributed by atoms with Gasteiger partial charge in [-0.1, -0.05) is 0 Å². The molecular weight excluding hydrogens is 248 g/mol. The number of nitrogen functional groups attached to an aromatic ring is 1. The van der Waals surface area contributed by atoms with Gasteiger partial charge in [0, 0.05) is 11.2 Å². The SMILES string of the molecule is Cc1cc(N)cc(C)c1S(=O)(=O)NC1(C)CCC1. The number of nitrogens with two attached hydrogens (primary N) is 1. The molecule has 0 aromatic heterocycles. The summed E-state index contributed by atoms with van der Waals surface area (Å²) >= 11 is 0. The standard InChI is InChI=1S/C13H20N2O2S/c1-9-7-11(14)8-10(2)12(9)18(16,17)15-13(3)5-4-6-13/h7-8,15H,4-6,14H2,1-3H3. The molecule has 1 saturated carbocycles. The van der Waals surface area contributed by atoms with Crippen molar-refractivity contribution in [2.75, 3.05) is 5.73 Å². The lowest BCUT2D eigenvalue weighted by molar-refractivity contribution is 0.248. The van der Waals surface area contributed by atoms with E-state index >= 15 is 0 Å². The van der Waals surface area contributed by atoms with Crippen LogP contribution in [0.2, 0.25) is 0 Å². The Balaban J connectivity index is 2.41. The van der Waals surface area contributed by atoms with Gasteiger partial charge < -0.3 is 5.73 Å². The Morgan fingerprint density at radius 1 is 1.22 bits per heavy atom. The average Bonchev–Trinajstić information content (AvgIpc) is 2.11. The van der Waals surface area contributed by atoms with Crippen molar-refractivity contribution < 1.29 is 8.42 Å². The molecule has 0 saturated heterocycles. The molecule has 5 heteroatoms. The van der Waals surface area contributed by atoms with Gasteiger partial charge in [0.25, 0.3) is 0 Å². The first kappa shape index (κ1) is 13.4. The second-order valence-electron chi connectivity index (χ2n) is 5.50. The van der Waals surface area contributed by atoms with Crippen molar-refractivity contribution in [1.29, 1.82) is 0 Å². The van der Waals surface area contributed by atoms with Gasteiger partial charge in [-0.2, -0.15) is 0 Å². The number of hydrogen-bond donors (Lipinski definition) is 2. The zero-order valence-electron chi connectivity index (χ0n) is 11.1. The van der Waals surface area contributed by atoms with E-state index in [0.29, 0.717) is 21.7 Å². The summed E-state index contributed by atoms with van der Waals surface area (Å²) in [4.78, 5) is 0.366.